The van der Waals surface area contributed by atoms with E-state index in [0.29, 0.717) is 6.42 Å². The number of aliphatic hydroxyl groups is 1. The van der Waals surface area contributed by atoms with Crippen LogP contribution in [0.3, 0.4) is 0 Å². The first-order chi connectivity index (χ1) is 13.5. The molecule has 0 radical (unpaired) electrons. The minimum atomic E-state index is -1.28. The quantitative estimate of drug-likeness (QED) is 0.0590. The minimum Gasteiger partial charge on any atom is -0.480 e. The number of hydrogen-bond donors (Lipinski definition) is 9. The van der Waals surface area contributed by atoms with Crippen LogP contribution in [0.25, 0.3) is 0 Å². The van der Waals surface area contributed by atoms with E-state index < -0.39 is 54.5 Å². The van der Waals surface area contributed by atoms with Crippen LogP contribution in [0.5, 0.6) is 0 Å². The van der Waals surface area contributed by atoms with E-state index in [4.69, 9.17) is 27.4 Å². The number of carbonyl (C=O) groups excluding carboxylic acids is 3. The number of nitrogens with two attached hydrogens (primary N) is 3. The van der Waals surface area contributed by atoms with Crippen LogP contribution in [0.1, 0.15) is 19.8 Å². The number of carboxylic acid groups (broad SMARTS) is 1. The van der Waals surface area contributed by atoms with Crippen molar-refractivity contribution in [2.45, 2.75) is 43.9 Å². The first kappa shape index (κ1) is 26.4. The molecule has 4 unspecified atom stereocenters. The molecule has 0 spiro atoms. The molecular formula is C15H29N7O6S. The van der Waals surface area contributed by atoms with Gasteiger partial charge < -0.3 is 43.4 Å². The van der Waals surface area contributed by atoms with Gasteiger partial charge in [0.25, 0.3) is 0 Å². The second kappa shape index (κ2) is 13.6. The molecule has 0 saturated carbocycles. The lowest BCUT2D eigenvalue weighted by Crippen LogP contribution is -2.56. The maximum atomic E-state index is 12.4. The molecular weight excluding hydrogens is 406 g/mol. The zero-order valence-electron chi connectivity index (χ0n) is 16.0. The molecule has 0 aliphatic rings. The maximum absolute atomic E-state index is 12.4. The highest BCUT2D eigenvalue weighted by molar-refractivity contribution is 7.80. The summed E-state index contributed by atoms with van der Waals surface area (Å²) in [7, 11) is 0. The Hall–Kier alpha value is -2.58. The molecule has 0 aliphatic carbocycles. The third-order valence-electron chi connectivity index (χ3n) is 3.66. The fourth-order valence-electron chi connectivity index (χ4n) is 2.00. The Balaban J connectivity index is 5.09. The van der Waals surface area contributed by atoms with Crippen molar-refractivity contribution in [3.05, 3.63) is 0 Å². The molecule has 166 valence electrons. The largest absolute Gasteiger partial charge is 0.480 e. The van der Waals surface area contributed by atoms with Crippen molar-refractivity contribution < 1.29 is 29.4 Å². The highest BCUT2D eigenvalue weighted by Gasteiger charge is 2.28. The Kier molecular flexibility index (Phi) is 12.4. The molecule has 0 fully saturated rings. The molecule has 11 N–H and O–H groups in total. The summed E-state index contributed by atoms with van der Waals surface area (Å²) in [5.41, 5.74) is 15.8. The van der Waals surface area contributed by atoms with Gasteiger partial charge >= 0.3 is 5.97 Å². The number of guanidine groups is 1. The molecule has 0 aromatic rings. The predicted molar refractivity (Wildman–Crippen MR) is 108 cm³/mol. The first-order valence-corrected chi connectivity index (χ1v) is 9.33. The van der Waals surface area contributed by atoms with Gasteiger partial charge in [-0.3, -0.25) is 19.4 Å². The lowest BCUT2D eigenvalue weighted by atomic mass is 10.1. The normalized spacial score (nSPS) is 14.6. The second-order valence-corrected chi connectivity index (χ2v) is 6.48. The number of aliphatic carboxylic acids is 1. The van der Waals surface area contributed by atoms with Gasteiger partial charge in [-0.1, -0.05) is 0 Å². The second-order valence-electron chi connectivity index (χ2n) is 6.11. The summed E-state index contributed by atoms with van der Waals surface area (Å²) in [5, 5.41) is 24.9. The Morgan fingerprint density at radius 2 is 1.62 bits per heavy atom. The zero-order valence-corrected chi connectivity index (χ0v) is 16.9. The van der Waals surface area contributed by atoms with Gasteiger partial charge in [0.2, 0.25) is 17.7 Å². The van der Waals surface area contributed by atoms with Crippen LogP contribution in [0.15, 0.2) is 4.99 Å². The SMILES string of the molecule is CC(NC(=O)C(N)CO)C(=O)NC(CCCN=C(N)N)C(=O)NC(CS)C(=O)O. The predicted octanol–water partition coefficient (Wildman–Crippen LogP) is -4.15. The third-order valence-corrected chi connectivity index (χ3v) is 4.03. The fourth-order valence-corrected chi connectivity index (χ4v) is 2.24. The van der Waals surface area contributed by atoms with E-state index in [-0.39, 0.29) is 24.7 Å². The van der Waals surface area contributed by atoms with Crippen LogP contribution in [-0.2, 0) is 19.2 Å². The van der Waals surface area contributed by atoms with Gasteiger partial charge in [-0.05, 0) is 19.8 Å². The summed E-state index contributed by atoms with van der Waals surface area (Å²) < 4.78 is 0. The number of aliphatic hydroxyl groups excluding tert-OH is 1. The number of amides is 3. The van der Waals surface area contributed by atoms with Crippen LogP contribution in [-0.4, -0.2) is 82.9 Å². The number of carboxylic acids is 1. The van der Waals surface area contributed by atoms with Gasteiger partial charge in [0, 0.05) is 12.3 Å². The van der Waals surface area contributed by atoms with Gasteiger partial charge in [0.05, 0.1) is 6.61 Å². The van der Waals surface area contributed by atoms with E-state index in [1.165, 1.54) is 6.92 Å². The number of aliphatic imine (C=N–C) groups is 1. The van der Waals surface area contributed by atoms with Crippen molar-refractivity contribution >= 4 is 42.3 Å². The minimum absolute atomic E-state index is 0.101. The Morgan fingerprint density at radius 3 is 2.10 bits per heavy atom. The van der Waals surface area contributed by atoms with Crippen molar-refractivity contribution in [3.8, 4) is 0 Å². The summed E-state index contributed by atoms with van der Waals surface area (Å²) in [4.78, 5) is 51.3. The number of nitrogens with one attached hydrogen (secondary N) is 3. The molecule has 0 aromatic carbocycles. The van der Waals surface area contributed by atoms with E-state index in [1.807, 2.05) is 0 Å². The number of carbonyl (C=O) groups is 4. The van der Waals surface area contributed by atoms with Gasteiger partial charge in [-0.2, -0.15) is 12.6 Å². The average molecular weight is 436 g/mol. The van der Waals surface area contributed by atoms with Gasteiger partial charge in [-0.25, -0.2) is 4.79 Å². The fraction of sp³-hybridized carbons (Fsp3) is 0.667. The van der Waals surface area contributed by atoms with Crippen molar-refractivity contribution in [1.29, 1.82) is 0 Å². The molecule has 0 aromatic heterocycles. The average Bonchev–Trinajstić information content (AvgIpc) is 2.66. The summed E-state index contributed by atoms with van der Waals surface area (Å²) >= 11 is 3.87. The topological polar surface area (TPSA) is 235 Å². The Bertz CT molecular complexity index is 614. The number of nitrogens with zero attached hydrogens (tertiary/aromatic N) is 1. The summed E-state index contributed by atoms with van der Waals surface area (Å²) in [6.07, 6.45) is 0.412. The van der Waals surface area contributed by atoms with E-state index in [2.05, 4.69) is 33.6 Å². The molecule has 13 nitrogen and oxygen atoms in total. The lowest BCUT2D eigenvalue weighted by molar-refractivity contribution is -0.141. The monoisotopic (exact) mass is 435 g/mol. The summed E-state index contributed by atoms with van der Waals surface area (Å²) in [6, 6.07) is -4.61. The van der Waals surface area contributed by atoms with Crippen molar-refractivity contribution in [2.24, 2.45) is 22.2 Å². The maximum Gasteiger partial charge on any atom is 0.327 e. The van der Waals surface area contributed by atoms with Crippen LogP contribution in [0.4, 0.5) is 0 Å². The van der Waals surface area contributed by atoms with Gasteiger partial charge in [0.15, 0.2) is 5.96 Å². The third kappa shape index (κ3) is 10.5. The van der Waals surface area contributed by atoms with Crippen molar-refractivity contribution in [2.75, 3.05) is 18.9 Å². The van der Waals surface area contributed by atoms with Gasteiger partial charge in [0.1, 0.15) is 24.2 Å². The molecule has 0 bridgehead atoms. The lowest BCUT2D eigenvalue weighted by Gasteiger charge is -2.23. The summed E-state index contributed by atoms with van der Waals surface area (Å²) in [5.74, 6) is -3.75. The van der Waals surface area contributed by atoms with Gasteiger partial charge in [-0.15, -0.1) is 0 Å². The molecule has 0 aliphatic heterocycles. The van der Waals surface area contributed by atoms with Crippen LogP contribution in [0, 0.1) is 0 Å². The Labute approximate surface area is 173 Å². The van der Waals surface area contributed by atoms with Crippen molar-refractivity contribution in [1.82, 2.24) is 16.0 Å². The Morgan fingerprint density at radius 1 is 1.03 bits per heavy atom. The first-order valence-electron chi connectivity index (χ1n) is 8.70. The molecule has 4 atom stereocenters. The van der Waals surface area contributed by atoms with Crippen LogP contribution in [0.2, 0.25) is 0 Å². The number of hydrogen-bond acceptors (Lipinski definition) is 8. The van der Waals surface area contributed by atoms with Crippen LogP contribution >= 0.6 is 12.6 Å². The number of thiol groups is 1. The molecule has 29 heavy (non-hydrogen) atoms. The summed E-state index contributed by atoms with van der Waals surface area (Å²) in [6.45, 7) is 0.949. The molecule has 0 saturated heterocycles. The molecule has 3 amide bonds. The number of rotatable bonds is 13. The van der Waals surface area contributed by atoms with E-state index >= 15 is 0 Å². The van der Waals surface area contributed by atoms with E-state index in [0.717, 1.165) is 0 Å². The molecule has 0 heterocycles. The van der Waals surface area contributed by atoms with E-state index in [9.17, 15) is 19.2 Å². The highest BCUT2D eigenvalue weighted by atomic mass is 32.1. The molecule has 0 rings (SSSR count). The highest BCUT2D eigenvalue weighted by Crippen LogP contribution is 2.02. The van der Waals surface area contributed by atoms with Crippen molar-refractivity contribution in [3.63, 3.8) is 0 Å². The van der Waals surface area contributed by atoms with Crippen LogP contribution < -0.4 is 33.2 Å². The standard InChI is InChI=1S/C15H29N7O6S/c1-7(20-12(25)8(16)5-23)11(24)21-9(3-2-4-19-15(17)18)13(26)22-10(6-29)14(27)28/h7-10,23,29H,2-6,16H2,1H3,(H,20,25)(H,21,24)(H,22,26)(H,27,28)(H4,17,18,19). The zero-order chi connectivity index (χ0) is 22.6. The van der Waals surface area contributed by atoms with E-state index in [1.54, 1.807) is 0 Å². The smallest absolute Gasteiger partial charge is 0.327 e. The molecule has 14 heteroatoms.